The van der Waals surface area contributed by atoms with Gasteiger partial charge >= 0.3 is 0 Å². The lowest BCUT2D eigenvalue weighted by Crippen LogP contribution is -1.94. The molecule has 0 radical (unpaired) electrons. The van der Waals surface area contributed by atoms with Crippen molar-refractivity contribution in [2.45, 2.75) is 0 Å². The lowest BCUT2D eigenvalue weighted by molar-refractivity contribution is 1.27. The maximum Gasteiger partial charge on any atom is 0.124 e. The van der Waals surface area contributed by atoms with E-state index in [9.17, 15) is 0 Å². The fraction of sp³-hybridized carbons (Fsp3) is 0.125. The predicted octanol–water partition coefficient (Wildman–Crippen LogP) is -0.0260. The minimum absolute atomic E-state index is 0.344. The van der Waals surface area contributed by atoms with E-state index in [0.29, 0.717) is 18.1 Å². The lowest BCUT2D eigenvalue weighted by atomic mass is 10.3. The van der Waals surface area contributed by atoms with Gasteiger partial charge in [0.15, 0.2) is 0 Å². The maximum atomic E-state index is 5.42. The normalized spacial score (nSPS) is 8.45. The van der Waals surface area contributed by atoms with Gasteiger partial charge in [0.25, 0.3) is 0 Å². The number of anilines is 1. The molecule has 0 fully saturated rings. The van der Waals surface area contributed by atoms with E-state index in [0.717, 1.165) is 0 Å². The Morgan fingerprint density at radius 2 is 2.27 bits per heavy atom. The molecule has 0 saturated carbocycles. The van der Waals surface area contributed by atoms with Crippen LogP contribution >= 0.6 is 0 Å². The first-order valence-corrected chi connectivity index (χ1v) is 3.24. The first-order valence-electron chi connectivity index (χ1n) is 3.24. The molecule has 1 heterocycles. The number of nitrogen functional groups attached to an aromatic ring is 1. The average Bonchev–Trinajstić information content (AvgIpc) is 2.01. The molecule has 0 aromatic carbocycles. The Labute approximate surface area is 65.4 Å². The zero-order chi connectivity index (χ0) is 8.10. The Hall–Kier alpha value is -1.53. The fourth-order valence-electron chi connectivity index (χ4n) is 0.663. The summed E-state index contributed by atoms with van der Waals surface area (Å²) in [5, 5.41) is 0. The zero-order valence-electron chi connectivity index (χ0n) is 6.04. The van der Waals surface area contributed by atoms with Crippen LogP contribution < -0.4 is 11.5 Å². The molecule has 11 heavy (non-hydrogen) atoms. The van der Waals surface area contributed by atoms with Crippen molar-refractivity contribution in [3.63, 3.8) is 0 Å². The largest absolute Gasteiger partial charge is 0.384 e. The van der Waals surface area contributed by atoms with Crippen LogP contribution in [0.3, 0.4) is 0 Å². The summed E-state index contributed by atoms with van der Waals surface area (Å²) in [5.74, 6) is 5.95. The smallest absolute Gasteiger partial charge is 0.124 e. The molecule has 0 aliphatic rings. The number of aromatic nitrogens is 1. The maximum absolute atomic E-state index is 5.42. The van der Waals surface area contributed by atoms with Crippen LogP contribution in [0.1, 0.15) is 5.69 Å². The standard InChI is InChI=1S/C8H9N3/c9-6-2-4-7-3-1-5-8(10)11-7/h1,3,5H,6,9H2,(H2,10,11). The van der Waals surface area contributed by atoms with E-state index in [4.69, 9.17) is 11.5 Å². The van der Waals surface area contributed by atoms with E-state index in [2.05, 4.69) is 16.8 Å². The molecule has 0 amide bonds. The zero-order valence-corrected chi connectivity index (χ0v) is 6.04. The third-order valence-corrected chi connectivity index (χ3v) is 1.09. The Bertz CT molecular complexity index is 296. The van der Waals surface area contributed by atoms with Crippen molar-refractivity contribution in [3.8, 4) is 11.8 Å². The highest BCUT2D eigenvalue weighted by Gasteiger charge is 1.87. The highest BCUT2D eigenvalue weighted by atomic mass is 14.8. The van der Waals surface area contributed by atoms with Gasteiger partial charge in [0.05, 0.1) is 6.54 Å². The van der Waals surface area contributed by atoms with Crippen LogP contribution in [0.2, 0.25) is 0 Å². The molecule has 56 valence electrons. The molecule has 3 heteroatoms. The van der Waals surface area contributed by atoms with Gasteiger partial charge in [-0.2, -0.15) is 0 Å². The summed E-state index contributed by atoms with van der Waals surface area (Å²) in [7, 11) is 0. The van der Waals surface area contributed by atoms with Crippen LogP contribution in [0.15, 0.2) is 18.2 Å². The Morgan fingerprint density at radius 3 is 2.91 bits per heavy atom. The van der Waals surface area contributed by atoms with Crippen LogP contribution in [0.25, 0.3) is 0 Å². The van der Waals surface area contributed by atoms with Crippen LogP contribution in [0, 0.1) is 11.8 Å². The van der Waals surface area contributed by atoms with Gasteiger partial charge in [-0.15, -0.1) is 0 Å². The molecule has 0 bridgehead atoms. The monoisotopic (exact) mass is 147 g/mol. The number of hydrogen-bond acceptors (Lipinski definition) is 3. The summed E-state index contributed by atoms with van der Waals surface area (Å²) in [6.07, 6.45) is 0. The summed E-state index contributed by atoms with van der Waals surface area (Å²) in [4.78, 5) is 3.96. The topological polar surface area (TPSA) is 64.9 Å². The van der Waals surface area contributed by atoms with E-state index in [-0.39, 0.29) is 0 Å². The molecule has 1 aromatic heterocycles. The van der Waals surface area contributed by atoms with E-state index < -0.39 is 0 Å². The van der Waals surface area contributed by atoms with E-state index >= 15 is 0 Å². The van der Waals surface area contributed by atoms with Gasteiger partial charge in [-0.25, -0.2) is 4.98 Å². The summed E-state index contributed by atoms with van der Waals surface area (Å²) >= 11 is 0. The fourth-order valence-corrected chi connectivity index (χ4v) is 0.663. The Morgan fingerprint density at radius 1 is 1.45 bits per heavy atom. The van der Waals surface area contributed by atoms with E-state index in [1.54, 1.807) is 12.1 Å². The molecule has 0 atom stereocenters. The van der Waals surface area contributed by atoms with Crippen LogP contribution in [-0.2, 0) is 0 Å². The van der Waals surface area contributed by atoms with Crippen molar-refractivity contribution in [2.24, 2.45) is 5.73 Å². The second kappa shape index (κ2) is 3.59. The van der Waals surface area contributed by atoms with Gasteiger partial charge in [0, 0.05) is 0 Å². The number of nitrogens with two attached hydrogens (primary N) is 2. The van der Waals surface area contributed by atoms with Crippen molar-refractivity contribution in [1.29, 1.82) is 0 Å². The number of rotatable bonds is 0. The van der Waals surface area contributed by atoms with Crippen LogP contribution in [0.4, 0.5) is 5.82 Å². The molecular weight excluding hydrogens is 138 g/mol. The third-order valence-electron chi connectivity index (χ3n) is 1.09. The minimum Gasteiger partial charge on any atom is -0.384 e. The van der Waals surface area contributed by atoms with Crippen molar-refractivity contribution < 1.29 is 0 Å². The Kier molecular flexibility index (Phi) is 2.47. The van der Waals surface area contributed by atoms with Crippen LogP contribution in [0.5, 0.6) is 0 Å². The number of pyridine rings is 1. The molecule has 3 nitrogen and oxygen atoms in total. The predicted molar refractivity (Wildman–Crippen MR) is 44.6 cm³/mol. The third kappa shape index (κ3) is 2.28. The minimum atomic E-state index is 0.344. The molecule has 0 unspecified atom stereocenters. The summed E-state index contributed by atoms with van der Waals surface area (Å²) in [6, 6.07) is 5.31. The Balaban J connectivity index is 2.87. The average molecular weight is 147 g/mol. The van der Waals surface area contributed by atoms with Crippen molar-refractivity contribution in [2.75, 3.05) is 12.3 Å². The molecule has 1 rings (SSSR count). The van der Waals surface area contributed by atoms with Gasteiger partial charge in [-0.1, -0.05) is 12.0 Å². The number of nitrogens with zero attached hydrogens (tertiary/aromatic N) is 1. The van der Waals surface area contributed by atoms with Gasteiger partial charge in [0.2, 0.25) is 0 Å². The quantitative estimate of drug-likeness (QED) is 0.506. The first kappa shape index (κ1) is 7.58. The SMILES string of the molecule is NCC#Cc1cccc(N)n1. The molecule has 0 aliphatic carbocycles. The van der Waals surface area contributed by atoms with Gasteiger partial charge in [0.1, 0.15) is 11.5 Å². The van der Waals surface area contributed by atoms with Crippen molar-refractivity contribution in [3.05, 3.63) is 23.9 Å². The molecular formula is C8H9N3. The molecule has 4 N–H and O–H groups in total. The second-order valence-corrected chi connectivity index (χ2v) is 1.95. The molecule has 0 aliphatic heterocycles. The lowest BCUT2D eigenvalue weighted by Gasteiger charge is -1.90. The summed E-state index contributed by atoms with van der Waals surface area (Å²) in [5.41, 5.74) is 11.3. The van der Waals surface area contributed by atoms with E-state index in [1.165, 1.54) is 0 Å². The summed E-state index contributed by atoms with van der Waals surface area (Å²) in [6.45, 7) is 0.344. The van der Waals surface area contributed by atoms with Gasteiger partial charge in [-0.3, -0.25) is 0 Å². The summed E-state index contributed by atoms with van der Waals surface area (Å²) < 4.78 is 0. The molecule has 0 spiro atoms. The van der Waals surface area contributed by atoms with Crippen molar-refractivity contribution in [1.82, 2.24) is 4.98 Å². The highest BCUT2D eigenvalue weighted by molar-refractivity contribution is 5.36. The first-order chi connectivity index (χ1) is 5.33. The van der Waals surface area contributed by atoms with Gasteiger partial charge < -0.3 is 11.5 Å². The molecule has 1 aromatic rings. The number of hydrogen-bond donors (Lipinski definition) is 2. The highest BCUT2D eigenvalue weighted by Crippen LogP contribution is 1.97. The van der Waals surface area contributed by atoms with Gasteiger partial charge in [-0.05, 0) is 18.1 Å². The molecule has 0 saturated heterocycles. The second-order valence-electron chi connectivity index (χ2n) is 1.95. The van der Waals surface area contributed by atoms with E-state index in [1.807, 2.05) is 6.07 Å². The van der Waals surface area contributed by atoms with Crippen molar-refractivity contribution >= 4 is 5.82 Å². The van der Waals surface area contributed by atoms with Crippen LogP contribution in [-0.4, -0.2) is 11.5 Å².